The van der Waals surface area contributed by atoms with Gasteiger partial charge in [-0.15, -0.1) is 0 Å². The maximum Gasteiger partial charge on any atom is 0.0717 e. The first kappa shape index (κ1) is 12.5. The molecule has 2 nitrogen and oxygen atoms in total. The van der Waals surface area contributed by atoms with Crippen LogP contribution < -0.4 is 5.73 Å². The van der Waals surface area contributed by atoms with E-state index in [1.807, 2.05) is 18.2 Å². The molecule has 1 aromatic rings. The summed E-state index contributed by atoms with van der Waals surface area (Å²) in [6, 6.07) is 5.93. The summed E-state index contributed by atoms with van der Waals surface area (Å²) in [5.41, 5.74) is 7.67. The van der Waals surface area contributed by atoms with E-state index in [1.165, 1.54) is 12.8 Å². The normalized spacial score (nSPS) is 10.5. The second-order valence-corrected chi connectivity index (χ2v) is 4.47. The molecule has 0 aliphatic carbocycles. The quantitative estimate of drug-likeness (QED) is 0.632. The Morgan fingerprint density at radius 3 is 2.80 bits per heavy atom. The van der Waals surface area contributed by atoms with Gasteiger partial charge >= 0.3 is 0 Å². The first-order chi connectivity index (χ1) is 7.24. The molecule has 0 atom stereocenters. The number of hydrogen-bond donors (Lipinski definition) is 1. The summed E-state index contributed by atoms with van der Waals surface area (Å²) in [4.78, 5) is 0. The molecule has 0 fully saturated rings. The Morgan fingerprint density at radius 2 is 2.13 bits per heavy atom. The van der Waals surface area contributed by atoms with Gasteiger partial charge < -0.3 is 10.5 Å². The van der Waals surface area contributed by atoms with Gasteiger partial charge in [-0.2, -0.15) is 0 Å². The van der Waals surface area contributed by atoms with Crippen LogP contribution in [0.15, 0.2) is 22.7 Å². The van der Waals surface area contributed by atoms with E-state index < -0.39 is 0 Å². The zero-order valence-electron chi connectivity index (χ0n) is 9.13. The Hall–Kier alpha value is -0.540. The fraction of sp³-hybridized carbons (Fsp3) is 0.500. The molecule has 3 heteroatoms. The second-order valence-electron chi connectivity index (χ2n) is 3.62. The molecule has 0 unspecified atom stereocenters. The Balaban J connectivity index is 2.28. The van der Waals surface area contributed by atoms with Gasteiger partial charge in [0.1, 0.15) is 0 Å². The predicted molar refractivity (Wildman–Crippen MR) is 67.7 cm³/mol. The molecular formula is C12H18BrNO. The summed E-state index contributed by atoms with van der Waals surface area (Å²) in [5.74, 6) is 0. The number of ether oxygens (including phenoxy) is 1. The van der Waals surface area contributed by atoms with Gasteiger partial charge in [-0.05, 0) is 40.0 Å². The van der Waals surface area contributed by atoms with Gasteiger partial charge in [0.15, 0.2) is 0 Å². The van der Waals surface area contributed by atoms with Crippen molar-refractivity contribution >= 4 is 21.6 Å². The molecule has 0 aliphatic rings. The minimum atomic E-state index is 0.654. The Kier molecular flexibility index (Phi) is 5.73. The van der Waals surface area contributed by atoms with Crippen LogP contribution in [-0.2, 0) is 11.3 Å². The van der Waals surface area contributed by atoms with Gasteiger partial charge in [0.2, 0.25) is 0 Å². The minimum Gasteiger partial charge on any atom is -0.398 e. The summed E-state index contributed by atoms with van der Waals surface area (Å²) in [6.07, 6.45) is 3.61. The van der Waals surface area contributed by atoms with Crippen LogP contribution in [0.5, 0.6) is 0 Å². The summed E-state index contributed by atoms with van der Waals surface area (Å²) in [7, 11) is 0. The van der Waals surface area contributed by atoms with E-state index in [9.17, 15) is 0 Å². The highest BCUT2D eigenvalue weighted by molar-refractivity contribution is 9.10. The highest BCUT2D eigenvalue weighted by Gasteiger charge is 1.98. The van der Waals surface area contributed by atoms with Gasteiger partial charge in [-0.3, -0.25) is 0 Å². The van der Waals surface area contributed by atoms with Crippen molar-refractivity contribution in [2.24, 2.45) is 0 Å². The monoisotopic (exact) mass is 271 g/mol. The zero-order chi connectivity index (χ0) is 11.1. The standard InChI is InChI=1S/C12H18BrNO/c1-2-3-4-7-15-9-10-5-6-11(13)12(14)8-10/h5-6,8H,2-4,7,9,14H2,1H3. The highest BCUT2D eigenvalue weighted by atomic mass is 79.9. The fourth-order valence-corrected chi connectivity index (χ4v) is 1.57. The molecule has 0 aromatic heterocycles. The van der Waals surface area contributed by atoms with E-state index in [1.54, 1.807) is 0 Å². The second kappa shape index (κ2) is 6.85. The highest BCUT2D eigenvalue weighted by Crippen LogP contribution is 2.20. The van der Waals surface area contributed by atoms with E-state index in [-0.39, 0.29) is 0 Å². The van der Waals surface area contributed by atoms with Crippen LogP contribution in [0, 0.1) is 0 Å². The lowest BCUT2D eigenvalue weighted by Crippen LogP contribution is -1.97. The molecule has 0 spiro atoms. The lowest BCUT2D eigenvalue weighted by atomic mass is 10.2. The van der Waals surface area contributed by atoms with E-state index in [0.717, 1.165) is 28.8 Å². The molecule has 0 bridgehead atoms. The van der Waals surface area contributed by atoms with Crippen molar-refractivity contribution < 1.29 is 4.74 Å². The van der Waals surface area contributed by atoms with Crippen LogP contribution in [-0.4, -0.2) is 6.61 Å². The average molecular weight is 272 g/mol. The first-order valence-electron chi connectivity index (χ1n) is 5.35. The van der Waals surface area contributed by atoms with Crippen molar-refractivity contribution in [1.82, 2.24) is 0 Å². The lowest BCUT2D eigenvalue weighted by Gasteiger charge is -2.05. The van der Waals surface area contributed by atoms with Gasteiger partial charge in [0.05, 0.1) is 6.61 Å². The molecule has 0 heterocycles. The minimum absolute atomic E-state index is 0.654. The Bertz CT molecular complexity index is 302. The van der Waals surface area contributed by atoms with Crippen molar-refractivity contribution in [2.45, 2.75) is 32.8 Å². The van der Waals surface area contributed by atoms with Crippen molar-refractivity contribution in [2.75, 3.05) is 12.3 Å². The maximum atomic E-state index is 5.77. The van der Waals surface area contributed by atoms with Gasteiger partial charge in [-0.1, -0.05) is 25.8 Å². The number of halogens is 1. The largest absolute Gasteiger partial charge is 0.398 e. The number of anilines is 1. The molecule has 0 radical (unpaired) electrons. The summed E-state index contributed by atoms with van der Waals surface area (Å²) in [5, 5.41) is 0. The van der Waals surface area contributed by atoms with Crippen LogP contribution >= 0.6 is 15.9 Å². The molecule has 84 valence electrons. The fourth-order valence-electron chi connectivity index (χ4n) is 1.33. The number of nitrogens with two attached hydrogens (primary N) is 1. The maximum absolute atomic E-state index is 5.77. The Labute approximate surface area is 99.9 Å². The van der Waals surface area contributed by atoms with Crippen molar-refractivity contribution in [3.63, 3.8) is 0 Å². The van der Waals surface area contributed by atoms with Gasteiger partial charge in [0, 0.05) is 16.8 Å². The van der Waals surface area contributed by atoms with Gasteiger partial charge in [-0.25, -0.2) is 0 Å². The molecular weight excluding hydrogens is 254 g/mol. The van der Waals surface area contributed by atoms with Crippen LogP contribution in [0.2, 0.25) is 0 Å². The zero-order valence-corrected chi connectivity index (χ0v) is 10.7. The third-order valence-electron chi connectivity index (χ3n) is 2.22. The third-order valence-corrected chi connectivity index (χ3v) is 2.94. The average Bonchev–Trinajstić information content (AvgIpc) is 2.23. The summed E-state index contributed by atoms with van der Waals surface area (Å²) >= 11 is 3.37. The van der Waals surface area contributed by atoms with E-state index >= 15 is 0 Å². The topological polar surface area (TPSA) is 35.2 Å². The van der Waals surface area contributed by atoms with Crippen molar-refractivity contribution in [3.05, 3.63) is 28.2 Å². The van der Waals surface area contributed by atoms with Crippen molar-refractivity contribution in [3.8, 4) is 0 Å². The van der Waals surface area contributed by atoms with E-state index in [0.29, 0.717) is 6.61 Å². The predicted octanol–water partition coefficient (Wildman–Crippen LogP) is 3.74. The number of benzene rings is 1. The SMILES string of the molecule is CCCCCOCc1ccc(Br)c(N)c1. The van der Waals surface area contributed by atoms with Crippen LogP contribution in [0.1, 0.15) is 31.7 Å². The van der Waals surface area contributed by atoms with E-state index in [2.05, 4.69) is 22.9 Å². The number of unbranched alkanes of at least 4 members (excludes halogenated alkanes) is 2. The van der Waals surface area contributed by atoms with E-state index in [4.69, 9.17) is 10.5 Å². The Morgan fingerprint density at radius 1 is 1.33 bits per heavy atom. The molecule has 0 aliphatic heterocycles. The number of nitrogen functional groups attached to an aromatic ring is 1. The molecule has 15 heavy (non-hydrogen) atoms. The van der Waals surface area contributed by atoms with Crippen LogP contribution in [0.3, 0.4) is 0 Å². The number of rotatable bonds is 6. The molecule has 0 saturated carbocycles. The smallest absolute Gasteiger partial charge is 0.0717 e. The molecule has 2 N–H and O–H groups in total. The summed E-state index contributed by atoms with van der Waals surface area (Å²) in [6.45, 7) is 3.68. The molecule has 0 amide bonds. The lowest BCUT2D eigenvalue weighted by molar-refractivity contribution is 0.117. The number of hydrogen-bond acceptors (Lipinski definition) is 2. The first-order valence-corrected chi connectivity index (χ1v) is 6.15. The van der Waals surface area contributed by atoms with Crippen LogP contribution in [0.25, 0.3) is 0 Å². The third kappa shape index (κ3) is 4.67. The summed E-state index contributed by atoms with van der Waals surface area (Å²) < 4.78 is 6.49. The van der Waals surface area contributed by atoms with Crippen LogP contribution in [0.4, 0.5) is 5.69 Å². The van der Waals surface area contributed by atoms with Gasteiger partial charge in [0.25, 0.3) is 0 Å². The molecule has 0 saturated heterocycles. The van der Waals surface area contributed by atoms with Crippen molar-refractivity contribution in [1.29, 1.82) is 0 Å². The molecule has 1 aromatic carbocycles. The molecule has 1 rings (SSSR count).